The fourth-order valence-electron chi connectivity index (χ4n) is 4.30. The van der Waals surface area contributed by atoms with Gasteiger partial charge in [-0.1, -0.05) is 18.2 Å². The average Bonchev–Trinajstić information content (AvgIpc) is 3.17. The zero-order chi connectivity index (χ0) is 25.8. The lowest BCUT2D eigenvalue weighted by molar-refractivity contribution is 0.252. The van der Waals surface area contributed by atoms with Gasteiger partial charge in [-0.3, -0.25) is 0 Å². The van der Waals surface area contributed by atoms with Gasteiger partial charge in [0.2, 0.25) is 10.0 Å². The van der Waals surface area contributed by atoms with Crippen molar-refractivity contribution in [2.75, 3.05) is 36.5 Å². The second-order valence-corrected chi connectivity index (χ2v) is 10.6. The molecule has 2 aliphatic heterocycles. The topological polar surface area (TPSA) is 117 Å². The van der Waals surface area contributed by atoms with E-state index in [4.69, 9.17) is 14.7 Å². The molecule has 0 fully saturated rings. The van der Waals surface area contributed by atoms with Gasteiger partial charge >= 0.3 is 6.03 Å². The average molecular weight is 521 g/mol. The van der Waals surface area contributed by atoms with E-state index in [1.165, 1.54) is 4.31 Å². The Hall–Kier alpha value is -3.96. The molecule has 2 N–H and O–H groups in total. The number of hydrogen-bond donors (Lipinski definition) is 2. The van der Waals surface area contributed by atoms with Crippen molar-refractivity contribution in [3.63, 3.8) is 0 Å². The highest BCUT2D eigenvalue weighted by atomic mass is 32.2. The van der Waals surface area contributed by atoms with E-state index in [1.807, 2.05) is 25.1 Å². The van der Waals surface area contributed by atoms with Crippen LogP contribution in [-0.2, 0) is 27.8 Å². The molecule has 3 aromatic rings. The zero-order valence-electron chi connectivity index (χ0n) is 20.4. The van der Waals surface area contributed by atoms with Crippen LogP contribution in [0.15, 0.2) is 71.8 Å². The number of aromatic nitrogens is 2. The number of hydrogen-bond acceptors (Lipinski definition) is 7. The van der Waals surface area contributed by atoms with E-state index in [-0.39, 0.29) is 24.0 Å². The summed E-state index contributed by atoms with van der Waals surface area (Å²) in [6, 6.07) is 15.4. The molecule has 2 aliphatic rings. The highest BCUT2D eigenvalue weighted by Gasteiger charge is 2.35. The molecule has 0 atom stereocenters. The van der Waals surface area contributed by atoms with Gasteiger partial charge in [0.25, 0.3) is 0 Å². The molecule has 0 bridgehead atoms. The maximum atomic E-state index is 13.4. The number of anilines is 2. The number of rotatable bonds is 6. The van der Waals surface area contributed by atoms with Crippen molar-refractivity contribution in [3.05, 3.63) is 78.2 Å². The molecular formula is C26H28N6O4S. The summed E-state index contributed by atoms with van der Waals surface area (Å²) >= 11 is 0. The van der Waals surface area contributed by atoms with Gasteiger partial charge < -0.3 is 20.3 Å². The van der Waals surface area contributed by atoms with E-state index >= 15 is 0 Å². The first-order valence-corrected chi connectivity index (χ1v) is 13.5. The molecule has 37 heavy (non-hydrogen) atoms. The van der Waals surface area contributed by atoms with E-state index in [9.17, 15) is 13.2 Å². The maximum Gasteiger partial charge on any atom is 0.319 e. The van der Waals surface area contributed by atoms with Crippen LogP contribution in [0.2, 0.25) is 0 Å². The molecule has 11 heteroatoms. The molecule has 0 aliphatic carbocycles. The number of ether oxygens (including phenoxy) is 1. The van der Waals surface area contributed by atoms with Gasteiger partial charge in [-0.2, -0.15) is 4.31 Å². The van der Waals surface area contributed by atoms with Gasteiger partial charge in [-0.05, 0) is 49.4 Å². The van der Waals surface area contributed by atoms with Crippen molar-refractivity contribution in [2.24, 2.45) is 0 Å². The Morgan fingerprint density at radius 3 is 2.59 bits per heavy atom. The lowest BCUT2D eigenvalue weighted by Gasteiger charge is -2.23. The number of carbonyl (C=O) groups is 1. The van der Waals surface area contributed by atoms with Crippen LogP contribution in [0.3, 0.4) is 0 Å². The largest absolute Gasteiger partial charge is 0.500 e. The van der Waals surface area contributed by atoms with E-state index < -0.39 is 10.0 Å². The zero-order valence-corrected chi connectivity index (χ0v) is 21.2. The highest BCUT2D eigenvalue weighted by molar-refractivity contribution is 7.89. The highest BCUT2D eigenvalue weighted by Crippen LogP contribution is 2.35. The third-order valence-electron chi connectivity index (χ3n) is 6.15. The van der Waals surface area contributed by atoms with Crippen LogP contribution >= 0.6 is 0 Å². The van der Waals surface area contributed by atoms with Crippen molar-refractivity contribution in [1.82, 2.24) is 19.6 Å². The fraction of sp³-hybridized carbons (Fsp3) is 0.269. The Morgan fingerprint density at radius 2 is 1.84 bits per heavy atom. The fourth-order valence-corrected chi connectivity index (χ4v) is 5.69. The van der Waals surface area contributed by atoms with E-state index in [1.54, 1.807) is 48.7 Å². The summed E-state index contributed by atoms with van der Waals surface area (Å²) in [6.45, 7) is 4.43. The van der Waals surface area contributed by atoms with E-state index in [0.717, 1.165) is 11.1 Å². The maximum absolute atomic E-state index is 13.4. The van der Waals surface area contributed by atoms with Crippen molar-refractivity contribution in [2.45, 2.75) is 24.9 Å². The Labute approximate surface area is 216 Å². The third-order valence-corrected chi connectivity index (χ3v) is 7.95. The molecule has 2 amide bonds. The first-order valence-electron chi connectivity index (χ1n) is 12.1. The molecule has 0 saturated carbocycles. The number of benzene rings is 2. The molecule has 10 nitrogen and oxygen atoms in total. The number of urea groups is 1. The molecule has 5 rings (SSSR count). The molecule has 3 heterocycles. The molecule has 0 radical (unpaired) electrons. The molecule has 0 unspecified atom stereocenters. The van der Waals surface area contributed by atoms with Crippen LogP contribution < -0.4 is 15.5 Å². The SMILES string of the molecule is CCNC(=O)Nc1ccc(-c2nc3c(c(N4CC=COCC4)n2)CN(S(=O)(=O)c2ccccc2)C3)cc1. The van der Waals surface area contributed by atoms with Crippen molar-refractivity contribution >= 4 is 27.6 Å². The predicted octanol–water partition coefficient (Wildman–Crippen LogP) is 3.34. The van der Waals surface area contributed by atoms with Crippen LogP contribution in [-0.4, -0.2) is 55.0 Å². The van der Waals surface area contributed by atoms with Crippen molar-refractivity contribution in [3.8, 4) is 11.4 Å². The molecule has 2 aromatic carbocycles. The Balaban J connectivity index is 1.50. The lowest BCUT2D eigenvalue weighted by atomic mass is 10.1. The number of nitrogens with one attached hydrogen (secondary N) is 2. The number of sulfonamides is 1. The summed E-state index contributed by atoms with van der Waals surface area (Å²) in [5.41, 5.74) is 2.88. The lowest BCUT2D eigenvalue weighted by Crippen LogP contribution is -2.29. The number of nitrogens with zero attached hydrogens (tertiary/aromatic N) is 4. The number of carbonyl (C=O) groups excluding carboxylic acids is 1. The molecule has 1 aromatic heterocycles. The monoisotopic (exact) mass is 520 g/mol. The summed E-state index contributed by atoms with van der Waals surface area (Å²) in [4.78, 5) is 23.8. The minimum Gasteiger partial charge on any atom is -0.500 e. The van der Waals surface area contributed by atoms with Crippen LogP contribution in [0.4, 0.5) is 16.3 Å². The van der Waals surface area contributed by atoms with Gasteiger partial charge in [0.05, 0.1) is 29.9 Å². The number of fused-ring (bicyclic) bond motifs is 1. The molecule has 0 spiro atoms. The van der Waals surface area contributed by atoms with Crippen LogP contribution in [0.5, 0.6) is 0 Å². The summed E-state index contributed by atoms with van der Waals surface area (Å²) in [6.07, 6.45) is 3.59. The first kappa shape index (κ1) is 24.7. The first-order chi connectivity index (χ1) is 18.0. The summed E-state index contributed by atoms with van der Waals surface area (Å²) < 4.78 is 33.6. The minimum atomic E-state index is -3.70. The van der Waals surface area contributed by atoms with Crippen molar-refractivity contribution < 1.29 is 17.9 Å². The van der Waals surface area contributed by atoms with Gasteiger partial charge in [-0.15, -0.1) is 0 Å². The molecule has 0 saturated heterocycles. The molecule has 192 valence electrons. The quantitative estimate of drug-likeness (QED) is 0.512. The third kappa shape index (κ3) is 5.27. The Bertz CT molecular complexity index is 1410. The second-order valence-electron chi connectivity index (χ2n) is 8.63. The van der Waals surface area contributed by atoms with Crippen LogP contribution in [0, 0.1) is 0 Å². The van der Waals surface area contributed by atoms with Gasteiger partial charge in [-0.25, -0.2) is 23.2 Å². The standard InChI is InChI=1S/C26H28N6O4S/c1-2-27-26(33)28-20-11-9-19(10-12-20)24-29-23-18-32(37(34,35)21-7-4-3-5-8-21)17-22(23)25(30-24)31-13-6-15-36-16-14-31/h3-12,15H,2,13-14,16-18H2,1H3,(H2,27,28,33). The Kier molecular flexibility index (Phi) is 7.06. The minimum absolute atomic E-state index is 0.159. The smallest absolute Gasteiger partial charge is 0.319 e. The van der Waals surface area contributed by atoms with Gasteiger partial charge in [0.15, 0.2) is 5.82 Å². The number of amides is 2. The van der Waals surface area contributed by atoms with E-state index in [0.29, 0.717) is 49.3 Å². The summed E-state index contributed by atoms with van der Waals surface area (Å²) in [5.74, 6) is 1.19. The normalized spacial score (nSPS) is 15.5. The summed E-state index contributed by atoms with van der Waals surface area (Å²) in [5, 5.41) is 5.47. The van der Waals surface area contributed by atoms with Gasteiger partial charge in [0, 0.05) is 36.4 Å². The Morgan fingerprint density at radius 1 is 1.05 bits per heavy atom. The van der Waals surface area contributed by atoms with E-state index in [2.05, 4.69) is 15.5 Å². The van der Waals surface area contributed by atoms with Crippen molar-refractivity contribution in [1.29, 1.82) is 0 Å². The van der Waals surface area contributed by atoms with Gasteiger partial charge in [0.1, 0.15) is 12.4 Å². The summed E-state index contributed by atoms with van der Waals surface area (Å²) in [7, 11) is -3.70. The second kappa shape index (κ2) is 10.6. The molecular weight excluding hydrogens is 492 g/mol. The van der Waals surface area contributed by atoms with Crippen LogP contribution in [0.25, 0.3) is 11.4 Å². The van der Waals surface area contributed by atoms with Crippen LogP contribution in [0.1, 0.15) is 18.2 Å². The predicted molar refractivity (Wildman–Crippen MR) is 140 cm³/mol.